The summed E-state index contributed by atoms with van der Waals surface area (Å²) in [5.74, 6) is 0. The largest absolute Gasteiger partial charge is 0.376 e. The minimum atomic E-state index is 0.229. The van der Waals surface area contributed by atoms with Crippen LogP contribution in [0.4, 0.5) is 5.69 Å². The molecule has 1 aromatic carbocycles. The smallest absolute Gasteiger partial charge is 0.101 e. The predicted molar refractivity (Wildman–Crippen MR) is 68.1 cm³/mol. The molecular formula is C14H18N2O. The van der Waals surface area contributed by atoms with Crippen molar-refractivity contribution in [2.45, 2.75) is 32.4 Å². The van der Waals surface area contributed by atoms with Crippen molar-refractivity contribution in [3.8, 4) is 6.07 Å². The molecule has 3 heteroatoms. The Hall–Kier alpha value is -1.53. The van der Waals surface area contributed by atoms with Crippen LogP contribution in [0.25, 0.3) is 0 Å². The Labute approximate surface area is 103 Å². The quantitative estimate of drug-likeness (QED) is 0.783. The lowest BCUT2D eigenvalue weighted by molar-refractivity contribution is 0.118. The second kappa shape index (κ2) is 4.77. The number of likely N-dealkylation sites (N-methyl/N-ethyl adjacent to an activating group) is 1. The third kappa shape index (κ3) is 2.27. The van der Waals surface area contributed by atoms with Crippen LogP contribution in [-0.4, -0.2) is 25.8 Å². The van der Waals surface area contributed by atoms with Crippen molar-refractivity contribution in [2.75, 3.05) is 18.6 Å². The number of anilines is 1. The monoisotopic (exact) mass is 230 g/mol. The fourth-order valence-electron chi connectivity index (χ4n) is 2.44. The summed E-state index contributed by atoms with van der Waals surface area (Å²) in [5.41, 5.74) is 2.92. The third-order valence-electron chi connectivity index (χ3n) is 3.49. The summed E-state index contributed by atoms with van der Waals surface area (Å²) in [4.78, 5) is 2.18. The van der Waals surface area contributed by atoms with E-state index in [2.05, 4.69) is 24.0 Å². The van der Waals surface area contributed by atoms with Crippen molar-refractivity contribution in [3.05, 3.63) is 29.3 Å². The van der Waals surface area contributed by atoms with E-state index in [0.29, 0.717) is 6.04 Å². The molecule has 1 saturated heterocycles. The van der Waals surface area contributed by atoms with Gasteiger partial charge >= 0.3 is 0 Å². The van der Waals surface area contributed by atoms with Gasteiger partial charge in [0.15, 0.2) is 0 Å². The molecule has 2 atom stereocenters. The van der Waals surface area contributed by atoms with E-state index in [1.807, 2.05) is 26.1 Å². The summed E-state index contributed by atoms with van der Waals surface area (Å²) < 4.78 is 5.59. The molecular weight excluding hydrogens is 212 g/mol. The average molecular weight is 230 g/mol. The van der Waals surface area contributed by atoms with Gasteiger partial charge in [-0.25, -0.2) is 0 Å². The highest BCUT2D eigenvalue weighted by Gasteiger charge is 2.29. The lowest BCUT2D eigenvalue weighted by Gasteiger charge is -2.29. The molecule has 17 heavy (non-hydrogen) atoms. The van der Waals surface area contributed by atoms with E-state index in [1.54, 1.807) is 0 Å². The van der Waals surface area contributed by atoms with E-state index in [-0.39, 0.29) is 6.10 Å². The molecule has 2 rings (SSSR count). The van der Waals surface area contributed by atoms with Crippen molar-refractivity contribution in [2.24, 2.45) is 0 Å². The molecule has 0 aliphatic carbocycles. The van der Waals surface area contributed by atoms with Crippen LogP contribution >= 0.6 is 0 Å². The Morgan fingerprint density at radius 2 is 2.24 bits per heavy atom. The topological polar surface area (TPSA) is 36.3 Å². The van der Waals surface area contributed by atoms with Gasteiger partial charge in [-0.15, -0.1) is 0 Å². The number of ether oxygens (including phenoxy) is 1. The summed E-state index contributed by atoms with van der Waals surface area (Å²) >= 11 is 0. The highest BCUT2D eigenvalue weighted by molar-refractivity contribution is 5.61. The molecule has 0 spiro atoms. The average Bonchev–Trinajstić information content (AvgIpc) is 2.74. The molecule has 1 aromatic rings. The maximum Gasteiger partial charge on any atom is 0.101 e. The first-order valence-corrected chi connectivity index (χ1v) is 5.98. The Morgan fingerprint density at radius 1 is 1.47 bits per heavy atom. The Kier molecular flexibility index (Phi) is 3.35. The molecule has 1 aliphatic heterocycles. The normalized spacial score (nSPS) is 23.4. The van der Waals surface area contributed by atoms with Crippen LogP contribution in [0.5, 0.6) is 0 Å². The van der Waals surface area contributed by atoms with Crippen LogP contribution in [0.2, 0.25) is 0 Å². The zero-order valence-electron chi connectivity index (χ0n) is 10.6. The van der Waals surface area contributed by atoms with E-state index < -0.39 is 0 Å². The van der Waals surface area contributed by atoms with Crippen molar-refractivity contribution in [1.29, 1.82) is 5.26 Å². The number of hydrogen-bond donors (Lipinski definition) is 0. The third-order valence-corrected chi connectivity index (χ3v) is 3.49. The summed E-state index contributed by atoms with van der Waals surface area (Å²) in [7, 11) is 2.05. The number of benzene rings is 1. The van der Waals surface area contributed by atoms with Gasteiger partial charge in [-0.1, -0.05) is 6.07 Å². The van der Waals surface area contributed by atoms with E-state index in [0.717, 1.165) is 24.3 Å². The molecule has 90 valence electrons. The van der Waals surface area contributed by atoms with E-state index in [9.17, 15) is 0 Å². The van der Waals surface area contributed by atoms with Gasteiger partial charge in [0.2, 0.25) is 0 Å². The van der Waals surface area contributed by atoms with Gasteiger partial charge in [-0.2, -0.15) is 5.26 Å². The van der Waals surface area contributed by atoms with Gasteiger partial charge in [-0.05, 0) is 38.0 Å². The standard InChI is InChI=1S/C14H18N2O/c1-10-4-5-12(9-15)14(8-10)16(3)13-6-7-17-11(13)2/h4-5,8,11,13H,6-7H2,1-3H3. The zero-order valence-corrected chi connectivity index (χ0v) is 10.6. The molecule has 0 aromatic heterocycles. The highest BCUT2D eigenvalue weighted by Crippen LogP contribution is 2.27. The molecule has 1 aliphatic rings. The molecule has 0 N–H and O–H groups in total. The molecule has 0 radical (unpaired) electrons. The molecule has 0 saturated carbocycles. The second-order valence-electron chi connectivity index (χ2n) is 4.68. The first-order chi connectivity index (χ1) is 8.13. The predicted octanol–water partition coefficient (Wildman–Crippen LogP) is 2.48. The first-order valence-electron chi connectivity index (χ1n) is 5.98. The van der Waals surface area contributed by atoms with Gasteiger partial charge in [0, 0.05) is 13.7 Å². The maximum absolute atomic E-state index is 9.16. The summed E-state index contributed by atoms with van der Waals surface area (Å²) in [6.07, 6.45) is 1.25. The number of nitrogens with zero attached hydrogens (tertiary/aromatic N) is 2. The van der Waals surface area contributed by atoms with Gasteiger partial charge in [0.25, 0.3) is 0 Å². The fourth-order valence-corrected chi connectivity index (χ4v) is 2.44. The number of aryl methyl sites for hydroxylation is 1. The number of rotatable bonds is 2. The number of hydrogen-bond acceptors (Lipinski definition) is 3. The molecule has 2 unspecified atom stereocenters. The zero-order chi connectivity index (χ0) is 12.4. The molecule has 3 nitrogen and oxygen atoms in total. The minimum absolute atomic E-state index is 0.229. The van der Waals surface area contributed by atoms with Crippen LogP contribution in [-0.2, 0) is 4.74 Å². The summed E-state index contributed by atoms with van der Waals surface area (Å²) in [6, 6.07) is 8.56. The van der Waals surface area contributed by atoms with E-state index in [1.165, 1.54) is 5.56 Å². The lowest BCUT2D eigenvalue weighted by atomic mass is 10.1. The van der Waals surface area contributed by atoms with E-state index >= 15 is 0 Å². The maximum atomic E-state index is 9.16. The van der Waals surface area contributed by atoms with Crippen LogP contribution in [0.15, 0.2) is 18.2 Å². The minimum Gasteiger partial charge on any atom is -0.376 e. The SMILES string of the molecule is Cc1ccc(C#N)c(N(C)C2CCOC2C)c1. The van der Waals surface area contributed by atoms with Crippen LogP contribution in [0.3, 0.4) is 0 Å². The summed E-state index contributed by atoms with van der Waals surface area (Å²) in [5, 5.41) is 9.16. The van der Waals surface area contributed by atoms with Gasteiger partial charge in [-0.3, -0.25) is 0 Å². The Balaban J connectivity index is 2.33. The lowest BCUT2D eigenvalue weighted by Crippen LogP contribution is -2.37. The Morgan fingerprint density at radius 3 is 2.82 bits per heavy atom. The van der Waals surface area contributed by atoms with Gasteiger partial charge < -0.3 is 9.64 Å². The molecule has 0 amide bonds. The van der Waals surface area contributed by atoms with Crippen LogP contribution < -0.4 is 4.90 Å². The first kappa shape index (κ1) is 11.9. The Bertz CT molecular complexity index is 450. The molecule has 1 heterocycles. The van der Waals surface area contributed by atoms with Crippen molar-refractivity contribution >= 4 is 5.69 Å². The summed E-state index contributed by atoms with van der Waals surface area (Å²) in [6.45, 7) is 4.95. The number of nitriles is 1. The van der Waals surface area contributed by atoms with Crippen LogP contribution in [0, 0.1) is 18.3 Å². The highest BCUT2D eigenvalue weighted by atomic mass is 16.5. The van der Waals surface area contributed by atoms with Crippen LogP contribution in [0.1, 0.15) is 24.5 Å². The van der Waals surface area contributed by atoms with Gasteiger partial charge in [0.1, 0.15) is 6.07 Å². The van der Waals surface area contributed by atoms with Gasteiger partial charge in [0.05, 0.1) is 23.4 Å². The van der Waals surface area contributed by atoms with E-state index in [4.69, 9.17) is 10.00 Å². The van der Waals surface area contributed by atoms with Crippen molar-refractivity contribution < 1.29 is 4.74 Å². The molecule has 0 bridgehead atoms. The van der Waals surface area contributed by atoms with Crippen molar-refractivity contribution in [1.82, 2.24) is 0 Å². The van der Waals surface area contributed by atoms with Crippen molar-refractivity contribution in [3.63, 3.8) is 0 Å². The fraction of sp³-hybridized carbons (Fsp3) is 0.500. The molecule has 1 fully saturated rings. The second-order valence-corrected chi connectivity index (χ2v) is 4.68.